The highest BCUT2D eigenvalue weighted by Gasteiger charge is 2.20. The molecular weight excluding hydrogens is 400 g/mol. The summed E-state index contributed by atoms with van der Waals surface area (Å²) in [5, 5.41) is 4.28. The largest absolute Gasteiger partial charge is 0.454 e. The fraction of sp³-hybridized carbons (Fsp3) is 0.250. The van der Waals surface area contributed by atoms with Crippen LogP contribution in [0.1, 0.15) is 37.9 Å². The smallest absolute Gasteiger partial charge is 0.340 e. The normalized spacial score (nSPS) is 10.9. The van der Waals surface area contributed by atoms with Crippen LogP contribution >= 0.6 is 23.4 Å². The van der Waals surface area contributed by atoms with Gasteiger partial charge in [0.1, 0.15) is 5.76 Å². The second-order valence-corrected chi connectivity index (χ2v) is 7.55. The summed E-state index contributed by atoms with van der Waals surface area (Å²) in [5.41, 5.74) is 2.24. The zero-order valence-corrected chi connectivity index (χ0v) is 17.5. The van der Waals surface area contributed by atoms with Gasteiger partial charge >= 0.3 is 5.97 Å². The van der Waals surface area contributed by atoms with Gasteiger partial charge in [-0.25, -0.2) is 4.79 Å². The van der Waals surface area contributed by atoms with E-state index in [1.807, 2.05) is 30.7 Å². The van der Waals surface area contributed by atoms with E-state index < -0.39 is 5.97 Å². The molecule has 0 saturated carbocycles. The Kier molecular flexibility index (Phi) is 5.96. The number of halogens is 1. The molecule has 0 fully saturated rings. The number of carbonyl (C=O) groups is 2. The summed E-state index contributed by atoms with van der Waals surface area (Å²) in [4.78, 5) is 25.9. The number of Topliss-reactive ketones (excluding diaryl/α,β-unsaturated/α-hetero) is 1. The lowest BCUT2D eigenvalue weighted by molar-refractivity contribution is 0.0474. The third-order valence-electron chi connectivity index (χ3n) is 4.30. The number of benzene rings is 1. The molecule has 0 amide bonds. The van der Waals surface area contributed by atoms with Gasteiger partial charge in [-0.3, -0.25) is 9.36 Å². The van der Waals surface area contributed by atoms with E-state index in [0.29, 0.717) is 22.8 Å². The van der Waals surface area contributed by atoms with Gasteiger partial charge in [-0.15, -0.1) is 11.8 Å². The van der Waals surface area contributed by atoms with Crippen molar-refractivity contribution < 1.29 is 18.8 Å². The number of rotatable bonds is 6. The van der Waals surface area contributed by atoms with Crippen molar-refractivity contribution in [2.24, 2.45) is 0 Å². The van der Waals surface area contributed by atoms with Gasteiger partial charge in [0.05, 0.1) is 10.6 Å². The van der Waals surface area contributed by atoms with Gasteiger partial charge in [0.15, 0.2) is 12.4 Å². The molecule has 8 heteroatoms. The van der Waals surface area contributed by atoms with Crippen LogP contribution in [0.15, 0.2) is 39.8 Å². The van der Waals surface area contributed by atoms with Gasteiger partial charge in [-0.05, 0) is 51.3 Å². The SMILES string of the molecule is CSc1ccc(Cl)c(C(=O)OCC(=O)c2cc(C)n(-c3cc(C)on3)c2C)c1. The molecule has 0 aliphatic rings. The molecule has 3 rings (SSSR count). The average molecular weight is 419 g/mol. The summed E-state index contributed by atoms with van der Waals surface area (Å²) in [6.07, 6.45) is 1.90. The first-order valence-corrected chi connectivity index (χ1v) is 10.1. The number of ketones is 1. The molecule has 6 nitrogen and oxygen atoms in total. The Hall–Kier alpha value is -2.51. The van der Waals surface area contributed by atoms with Crippen molar-refractivity contribution in [2.45, 2.75) is 25.7 Å². The van der Waals surface area contributed by atoms with E-state index in [1.54, 1.807) is 31.2 Å². The molecule has 0 unspecified atom stereocenters. The molecule has 0 aliphatic carbocycles. The topological polar surface area (TPSA) is 74.3 Å². The van der Waals surface area contributed by atoms with Crippen LogP contribution in [0.5, 0.6) is 0 Å². The van der Waals surface area contributed by atoms with Gasteiger partial charge in [-0.2, -0.15) is 0 Å². The molecule has 0 aliphatic heterocycles. The highest BCUT2D eigenvalue weighted by molar-refractivity contribution is 7.98. The Balaban J connectivity index is 1.76. The summed E-state index contributed by atoms with van der Waals surface area (Å²) in [7, 11) is 0. The molecule has 3 aromatic rings. The minimum absolute atomic E-state index is 0.241. The zero-order chi connectivity index (χ0) is 20.4. The van der Waals surface area contributed by atoms with Gasteiger partial charge in [-0.1, -0.05) is 16.8 Å². The molecular formula is C20H19ClN2O4S. The minimum Gasteiger partial charge on any atom is -0.454 e. The van der Waals surface area contributed by atoms with Crippen LogP contribution in [-0.4, -0.2) is 34.3 Å². The van der Waals surface area contributed by atoms with E-state index in [0.717, 1.165) is 10.6 Å². The maximum absolute atomic E-state index is 12.6. The van der Waals surface area contributed by atoms with Crippen molar-refractivity contribution in [3.05, 3.63) is 63.6 Å². The van der Waals surface area contributed by atoms with Crippen molar-refractivity contribution in [1.82, 2.24) is 9.72 Å². The number of esters is 1. The fourth-order valence-electron chi connectivity index (χ4n) is 2.93. The van der Waals surface area contributed by atoms with Crippen molar-refractivity contribution in [3.63, 3.8) is 0 Å². The maximum atomic E-state index is 12.6. The predicted molar refractivity (Wildman–Crippen MR) is 108 cm³/mol. The van der Waals surface area contributed by atoms with Crippen molar-refractivity contribution in [3.8, 4) is 5.82 Å². The second-order valence-electron chi connectivity index (χ2n) is 6.26. The van der Waals surface area contributed by atoms with E-state index in [2.05, 4.69) is 5.16 Å². The Labute approximate surface area is 171 Å². The predicted octanol–water partition coefficient (Wildman–Crippen LogP) is 4.81. The standard InChI is InChI=1S/C20H19ClN2O4S/c1-11-7-15(13(3)23(11)19-8-12(2)27-22-19)18(24)10-26-20(25)16-9-14(28-4)5-6-17(16)21/h5-9H,10H2,1-4H3. The van der Waals surface area contributed by atoms with Crippen LogP contribution in [0.3, 0.4) is 0 Å². The highest BCUT2D eigenvalue weighted by atomic mass is 35.5. The Morgan fingerprint density at radius 3 is 2.57 bits per heavy atom. The molecule has 2 aromatic heterocycles. The van der Waals surface area contributed by atoms with Crippen LogP contribution < -0.4 is 0 Å². The summed E-state index contributed by atoms with van der Waals surface area (Å²) in [5.74, 6) is 0.345. The van der Waals surface area contributed by atoms with Gasteiger partial charge in [0, 0.05) is 27.9 Å². The number of aromatic nitrogens is 2. The molecule has 146 valence electrons. The molecule has 0 atom stereocenters. The molecule has 2 heterocycles. The fourth-order valence-corrected chi connectivity index (χ4v) is 3.57. The number of ether oxygens (including phenoxy) is 1. The monoisotopic (exact) mass is 418 g/mol. The number of hydrogen-bond donors (Lipinski definition) is 0. The lowest BCUT2D eigenvalue weighted by Crippen LogP contribution is -2.15. The lowest BCUT2D eigenvalue weighted by Gasteiger charge is -2.08. The average Bonchev–Trinajstić information content (AvgIpc) is 3.22. The molecule has 0 saturated heterocycles. The molecule has 28 heavy (non-hydrogen) atoms. The van der Waals surface area contributed by atoms with Gasteiger partial charge in [0.2, 0.25) is 5.78 Å². The third-order valence-corrected chi connectivity index (χ3v) is 5.36. The van der Waals surface area contributed by atoms with E-state index in [1.165, 1.54) is 11.8 Å². The van der Waals surface area contributed by atoms with E-state index in [-0.39, 0.29) is 23.0 Å². The number of hydrogen-bond acceptors (Lipinski definition) is 6. The summed E-state index contributed by atoms with van der Waals surface area (Å²) >= 11 is 7.57. The minimum atomic E-state index is -0.629. The van der Waals surface area contributed by atoms with E-state index in [9.17, 15) is 9.59 Å². The molecule has 0 radical (unpaired) electrons. The van der Waals surface area contributed by atoms with E-state index >= 15 is 0 Å². The molecule has 0 spiro atoms. The summed E-state index contributed by atoms with van der Waals surface area (Å²) < 4.78 is 12.2. The van der Waals surface area contributed by atoms with Crippen LogP contribution in [0, 0.1) is 20.8 Å². The maximum Gasteiger partial charge on any atom is 0.340 e. The number of nitrogens with zero attached hydrogens (tertiary/aromatic N) is 2. The Morgan fingerprint density at radius 2 is 1.93 bits per heavy atom. The quantitative estimate of drug-likeness (QED) is 0.325. The molecule has 0 N–H and O–H groups in total. The first-order chi connectivity index (χ1) is 13.3. The van der Waals surface area contributed by atoms with Gasteiger partial charge in [0.25, 0.3) is 0 Å². The number of carbonyl (C=O) groups excluding carboxylic acids is 2. The first kappa shape index (κ1) is 20.2. The Morgan fingerprint density at radius 1 is 1.18 bits per heavy atom. The van der Waals surface area contributed by atoms with Crippen molar-refractivity contribution in [2.75, 3.05) is 12.9 Å². The highest BCUT2D eigenvalue weighted by Crippen LogP contribution is 2.24. The third kappa shape index (κ3) is 4.00. The molecule has 1 aromatic carbocycles. The van der Waals surface area contributed by atoms with Gasteiger partial charge < -0.3 is 9.26 Å². The summed E-state index contributed by atoms with van der Waals surface area (Å²) in [6, 6.07) is 8.64. The lowest BCUT2D eigenvalue weighted by atomic mass is 10.1. The van der Waals surface area contributed by atoms with E-state index in [4.69, 9.17) is 20.9 Å². The number of aryl methyl sites for hydroxylation is 2. The summed E-state index contributed by atoms with van der Waals surface area (Å²) in [6.45, 7) is 5.10. The van der Waals surface area contributed by atoms with Crippen LogP contribution in [0.2, 0.25) is 5.02 Å². The molecule has 0 bridgehead atoms. The number of thioether (sulfide) groups is 1. The van der Waals surface area contributed by atoms with Crippen molar-refractivity contribution in [1.29, 1.82) is 0 Å². The second kappa shape index (κ2) is 8.24. The Bertz CT molecular complexity index is 1050. The van der Waals surface area contributed by atoms with Crippen molar-refractivity contribution >= 4 is 35.1 Å². The zero-order valence-electron chi connectivity index (χ0n) is 15.9. The first-order valence-electron chi connectivity index (χ1n) is 8.48. The van der Waals surface area contributed by atoms with Crippen LogP contribution in [0.4, 0.5) is 0 Å². The van der Waals surface area contributed by atoms with Crippen LogP contribution in [0.25, 0.3) is 5.82 Å². The van der Waals surface area contributed by atoms with Crippen LogP contribution in [-0.2, 0) is 4.74 Å².